The van der Waals surface area contributed by atoms with Gasteiger partial charge in [0.2, 0.25) is 8.32 Å². The molecule has 0 radical (unpaired) electrons. The second kappa shape index (κ2) is 11.2. The van der Waals surface area contributed by atoms with Gasteiger partial charge in [-0.3, -0.25) is 0 Å². The Hall–Kier alpha value is -0.826. The average Bonchev–Trinajstić information content (AvgIpc) is 2.63. The molecule has 1 nitrogen and oxygen atoms in total. The molecular weight excluding hydrogens is 396 g/mol. The first kappa shape index (κ1) is 27.2. The van der Waals surface area contributed by atoms with Gasteiger partial charge in [0, 0.05) is 0 Å². The van der Waals surface area contributed by atoms with E-state index in [-0.39, 0.29) is 6.10 Å². The van der Waals surface area contributed by atoms with Gasteiger partial charge in [-0.25, -0.2) is 0 Å². The van der Waals surface area contributed by atoms with E-state index in [1.807, 2.05) is 0 Å². The molecule has 0 aliphatic carbocycles. The Morgan fingerprint density at radius 2 is 1.00 bits per heavy atom. The second-order valence-corrected chi connectivity index (χ2v) is 21.9. The summed E-state index contributed by atoms with van der Waals surface area (Å²) >= 11 is 0. The molecule has 1 atom stereocenters. The van der Waals surface area contributed by atoms with Crippen molar-refractivity contribution in [2.24, 2.45) is 0 Å². The fourth-order valence-corrected chi connectivity index (χ4v) is 16.7. The third-order valence-electron chi connectivity index (χ3n) is 7.42. The Morgan fingerprint density at radius 1 is 0.600 bits per heavy atom. The van der Waals surface area contributed by atoms with Crippen molar-refractivity contribution in [1.29, 1.82) is 0 Å². The van der Waals surface area contributed by atoms with Gasteiger partial charge in [0.15, 0.2) is 0 Å². The van der Waals surface area contributed by atoms with E-state index in [0.29, 0.717) is 33.2 Å². The molecule has 0 saturated carbocycles. The van der Waals surface area contributed by atoms with Gasteiger partial charge in [0.05, 0.1) is 0 Å². The summed E-state index contributed by atoms with van der Waals surface area (Å²) in [6.07, 6.45) is -0.131. The van der Waals surface area contributed by atoms with Crippen LogP contribution in [0.5, 0.6) is 0 Å². The zero-order valence-electron chi connectivity index (χ0n) is 21.8. The summed E-state index contributed by atoms with van der Waals surface area (Å²) in [5.74, 6) is 3.77. The van der Waals surface area contributed by atoms with Crippen LogP contribution in [-0.2, 0) is 4.43 Å². The molecule has 170 valence electrons. The number of hydrogen-bond donors (Lipinski definition) is 0. The van der Waals surface area contributed by atoms with Crippen LogP contribution in [0.15, 0.2) is 30.3 Å². The van der Waals surface area contributed by atoms with E-state index in [9.17, 15) is 0 Å². The molecule has 1 rings (SSSR count). The molecule has 0 heterocycles. The molecule has 1 aromatic rings. The quantitative estimate of drug-likeness (QED) is 0.272. The van der Waals surface area contributed by atoms with Crippen LogP contribution in [0, 0.1) is 11.5 Å². The van der Waals surface area contributed by atoms with Crippen LogP contribution in [0.1, 0.15) is 94.8 Å². The first-order valence-electron chi connectivity index (χ1n) is 12.1. The highest BCUT2D eigenvalue weighted by Crippen LogP contribution is 2.45. The Labute approximate surface area is 190 Å². The maximum absolute atomic E-state index is 7.23. The largest absolute Gasteiger partial charge is 0.399 e. The molecule has 0 saturated heterocycles. The van der Waals surface area contributed by atoms with Crippen LogP contribution in [0.3, 0.4) is 0 Å². The summed E-state index contributed by atoms with van der Waals surface area (Å²) < 4.78 is 7.23. The number of hydrogen-bond acceptors (Lipinski definition) is 1. The summed E-state index contributed by atoms with van der Waals surface area (Å²) in [4.78, 5) is 0. The Bertz CT molecular complexity index is 649. The van der Waals surface area contributed by atoms with Gasteiger partial charge >= 0.3 is 0 Å². The molecule has 3 heteroatoms. The van der Waals surface area contributed by atoms with E-state index in [1.54, 1.807) is 0 Å². The van der Waals surface area contributed by atoms with Crippen molar-refractivity contribution in [2.45, 2.75) is 122 Å². The van der Waals surface area contributed by atoms with Crippen molar-refractivity contribution in [3.8, 4) is 11.5 Å². The molecule has 0 fully saturated rings. The van der Waals surface area contributed by atoms with Crippen molar-refractivity contribution in [3.63, 3.8) is 0 Å². The summed E-state index contributed by atoms with van der Waals surface area (Å²) in [5.41, 5.74) is 8.70. The molecule has 30 heavy (non-hydrogen) atoms. The van der Waals surface area contributed by atoms with Gasteiger partial charge in [-0.05, 0) is 38.8 Å². The zero-order valence-corrected chi connectivity index (χ0v) is 23.8. The van der Waals surface area contributed by atoms with Crippen LogP contribution >= 0.6 is 0 Å². The van der Waals surface area contributed by atoms with Gasteiger partial charge < -0.3 is 4.43 Å². The lowest BCUT2D eigenvalue weighted by atomic mass is 10.1. The first-order valence-corrected chi connectivity index (χ1v) is 16.5. The molecule has 0 aliphatic heterocycles. The Balaban J connectivity index is 3.64. The van der Waals surface area contributed by atoms with Crippen LogP contribution in [0.2, 0.25) is 33.2 Å². The minimum atomic E-state index is -2.04. The summed E-state index contributed by atoms with van der Waals surface area (Å²) in [6, 6.07) is 10.7. The second-order valence-electron chi connectivity index (χ2n) is 10.9. The van der Waals surface area contributed by atoms with Gasteiger partial charge in [-0.2, -0.15) is 0 Å². The van der Waals surface area contributed by atoms with Crippen molar-refractivity contribution >= 4 is 16.4 Å². The third-order valence-corrected chi connectivity index (χ3v) is 19.8. The molecule has 0 aliphatic rings. The van der Waals surface area contributed by atoms with Gasteiger partial charge in [-0.15, -0.1) is 5.54 Å². The van der Waals surface area contributed by atoms with Gasteiger partial charge in [0.25, 0.3) is 0 Å². The number of benzene rings is 1. The van der Waals surface area contributed by atoms with E-state index in [2.05, 4.69) is 125 Å². The molecular formula is C27H48OSi2. The lowest BCUT2D eigenvalue weighted by Crippen LogP contribution is -2.48. The fraction of sp³-hybridized carbons (Fsp3) is 0.704. The monoisotopic (exact) mass is 444 g/mol. The highest BCUT2D eigenvalue weighted by Gasteiger charge is 2.47. The molecule has 1 unspecified atom stereocenters. The molecule has 0 aromatic heterocycles. The van der Waals surface area contributed by atoms with E-state index in [1.165, 1.54) is 5.56 Å². The van der Waals surface area contributed by atoms with E-state index >= 15 is 0 Å². The van der Waals surface area contributed by atoms with Gasteiger partial charge in [0.1, 0.15) is 14.2 Å². The minimum Gasteiger partial charge on any atom is -0.399 e. The Kier molecular flexibility index (Phi) is 10.1. The Morgan fingerprint density at radius 3 is 1.33 bits per heavy atom. The lowest BCUT2D eigenvalue weighted by molar-refractivity contribution is 0.229. The standard InChI is InChI=1S/C27H48OSi2/c1-20(2)29(21(3)4,22(5)6)19-18-27(26-16-14-13-15-17-26)28-30(23(7)8,24(9)10)25(11)12/h13-17,20-25,27H,1-12H3. The van der Waals surface area contributed by atoms with Crippen LogP contribution < -0.4 is 0 Å². The minimum absolute atomic E-state index is 0.131. The van der Waals surface area contributed by atoms with Crippen molar-refractivity contribution in [2.75, 3.05) is 0 Å². The summed E-state index contributed by atoms with van der Waals surface area (Å²) in [5, 5.41) is 0. The van der Waals surface area contributed by atoms with Crippen molar-refractivity contribution < 1.29 is 4.43 Å². The number of rotatable bonds is 9. The third kappa shape index (κ3) is 5.50. The first-order chi connectivity index (χ1) is 13.8. The molecule has 0 N–H and O–H groups in total. The van der Waals surface area contributed by atoms with Crippen LogP contribution in [0.4, 0.5) is 0 Å². The normalized spacial score (nSPS) is 14.2. The summed E-state index contributed by atoms with van der Waals surface area (Å²) in [7, 11) is -3.84. The predicted octanol–water partition coefficient (Wildman–Crippen LogP) is 9.14. The topological polar surface area (TPSA) is 9.23 Å². The van der Waals surface area contributed by atoms with Crippen LogP contribution in [0.25, 0.3) is 0 Å². The molecule has 0 spiro atoms. The highest BCUT2D eigenvalue weighted by molar-refractivity contribution is 6.90. The molecule has 1 aromatic carbocycles. The van der Waals surface area contributed by atoms with E-state index < -0.39 is 16.4 Å². The van der Waals surface area contributed by atoms with E-state index in [4.69, 9.17) is 4.43 Å². The fourth-order valence-electron chi connectivity index (χ4n) is 6.04. The van der Waals surface area contributed by atoms with E-state index in [0.717, 1.165) is 0 Å². The average molecular weight is 445 g/mol. The van der Waals surface area contributed by atoms with Crippen LogP contribution in [-0.4, -0.2) is 16.4 Å². The molecule has 0 bridgehead atoms. The zero-order chi connectivity index (χ0) is 23.3. The van der Waals surface area contributed by atoms with Crippen molar-refractivity contribution in [3.05, 3.63) is 35.9 Å². The molecule has 0 amide bonds. The lowest BCUT2D eigenvalue weighted by Gasteiger charge is -2.44. The highest BCUT2D eigenvalue weighted by atomic mass is 28.4. The maximum atomic E-state index is 7.23. The van der Waals surface area contributed by atoms with Crippen molar-refractivity contribution in [1.82, 2.24) is 0 Å². The maximum Gasteiger partial charge on any atom is 0.202 e. The summed E-state index contributed by atoms with van der Waals surface area (Å²) in [6.45, 7) is 28.5. The SMILES string of the molecule is CC(C)[Si](C#CC(O[Si](C(C)C)(C(C)C)C(C)C)c1ccccc1)(C(C)C)C(C)C. The predicted molar refractivity (Wildman–Crippen MR) is 140 cm³/mol. The van der Waals surface area contributed by atoms with Gasteiger partial charge in [-0.1, -0.05) is 119 Å². The smallest absolute Gasteiger partial charge is 0.202 e.